The van der Waals surface area contributed by atoms with E-state index in [2.05, 4.69) is 10.0 Å². The quantitative estimate of drug-likeness (QED) is 0.448. The summed E-state index contributed by atoms with van der Waals surface area (Å²) >= 11 is 0. The van der Waals surface area contributed by atoms with Gasteiger partial charge < -0.3 is 20.9 Å². The van der Waals surface area contributed by atoms with Crippen molar-refractivity contribution in [3.63, 3.8) is 0 Å². The van der Waals surface area contributed by atoms with Gasteiger partial charge >= 0.3 is 0 Å². The molecule has 8 nitrogen and oxygen atoms in total. The lowest BCUT2D eigenvalue weighted by Gasteiger charge is -2.17. The van der Waals surface area contributed by atoms with Crippen LogP contribution >= 0.6 is 0 Å². The number of ether oxygens (including phenoxy) is 1. The van der Waals surface area contributed by atoms with E-state index in [4.69, 9.17) is 10.5 Å². The summed E-state index contributed by atoms with van der Waals surface area (Å²) in [5.41, 5.74) is 8.37. The highest BCUT2D eigenvalue weighted by molar-refractivity contribution is 7.92. The van der Waals surface area contributed by atoms with E-state index in [1.807, 2.05) is 30.3 Å². The van der Waals surface area contributed by atoms with Crippen LogP contribution in [0.1, 0.15) is 27.0 Å². The van der Waals surface area contributed by atoms with Crippen LogP contribution in [0.3, 0.4) is 0 Å². The molecule has 1 heterocycles. The van der Waals surface area contributed by atoms with Crippen LogP contribution in [0.5, 0.6) is 5.75 Å². The molecular weight excluding hydrogens is 430 g/mol. The zero-order valence-corrected chi connectivity index (χ0v) is 18.0. The third-order valence-electron chi connectivity index (χ3n) is 5.11. The van der Waals surface area contributed by atoms with E-state index in [-0.39, 0.29) is 16.1 Å². The van der Waals surface area contributed by atoms with Crippen molar-refractivity contribution in [3.05, 3.63) is 82.9 Å². The summed E-state index contributed by atoms with van der Waals surface area (Å²) in [6.07, 6.45) is 0.618. The number of aromatic hydroxyl groups is 1. The summed E-state index contributed by atoms with van der Waals surface area (Å²) in [7, 11) is -4.11. The van der Waals surface area contributed by atoms with Crippen LogP contribution in [0.2, 0.25) is 0 Å². The van der Waals surface area contributed by atoms with Crippen LogP contribution in [0.25, 0.3) is 0 Å². The standard InChI is InChI=1S/C23H23N3O5S/c24-23(28)19-11-22-20(12-21(19)27)25-13-16-4-1-5-17(9-16)14-31-8-7-15-3-2-6-18(10-15)26-32(22,29)30/h1-6,9-12,25-27H,7-8,13-14H2,(H2,24,28). The van der Waals surface area contributed by atoms with Crippen molar-refractivity contribution in [3.8, 4) is 5.75 Å². The predicted octanol–water partition coefficient (Wildman–Crippen LogP) is 2.98. The van der Waals surface area contributed by atoms with E-state index < -0.39 is 21.7 Å². The van der Waals surface area contributed by atoms with Crippen molar-refractivity contribution in [2.24, 2.45) is 5.73 Å². The van der Waals surface area contributed by atoms with Gasteiger partial charge in [0.25, 0.3) is 15.9 Å². The fraction of sp³-hybridized carbons (Fsp3) is 0.174. The zero-order chi connectivity index (χ0) is 22.7. The molecule has 0 unspecified atom stereocenters. The molecule has 166 valence electrons. The third-order valence-corrected chi connectivity index (χ3v) is 6.53. The molecule has 0 radical (unpaired) electrons. The summed E-state index contributed by atoms with van der Waals surface area (Å²) in [4.78, 5) is 11.5. The number of hydrogen-bond donors (Lipinski definition) is 4. The Morgan fingerprint density at radius 2 is 1.75 bits per heavy atom. The van der Waals surface area contributed by atoms with E-state index in [0.717, 1.165) is 22.8 Å². The van der Waals surface area contributed by atoms with Crippen LogP contribution in [0, 0.1) is 0 Å². The van der Waals surface area contributed by atoms with Crippen molar-refractivity contribution in [1.29, 1.82) is 0 Å². The molecule has 1 aliphatic heterocycles. The van der Waals surface area contributed by atoms with Crippen LogP contribution in [-0.2, 0) is 34.3 Å². The van der Waals surface area contributed by atoms with Crippen LogP contribution < -0.4 is 15.8 Å². The van der Waals surface area contributed by atoms with E-state index >= 15 is 0 Å². The van der Waals surface area contributed by atoms with Crippen molar-refractivity contribution >= 4 is 27.3 Å². The molecule has 9 heteroatoms. The predicted molar refractivity (Wildman–Crippen MR) is 121 cm³/mol. The molecule has 1 aliphatic rings. The lowest BCUT2D eigenvalue weighted by molar-refractivity contribution is 0.0997. The van der Waals surface area contributed by atoms with Gasteiger partial charge in [-0.1, -0.05) is 36.4 Å². The number of carbonyl (C=O) groups excluding carboxylic acids is 1. The number of fused-ring (bicyclic) bond motifs is 5. The second-order valence-corrected chi connectivity index (χ2v) is 9.16. The topological polar surface area (TPSA) is 131 Å². The Morgan fingerprint density at radius 3 is 2.56 bits per heavy atom. The Kier molecular flexibility index (Phi) is 6.02. The maximum absolute atomic E-state index is 13.2. The Labute approximate surface area is 186 Å². The van der Waals surface area contributed by atoms with Gasteiger partial charge in [0, 0.05) is 18.3 Å². The van der Waals surface area contributed by atoms with Gasteiger partial charge in [-0.05, 0) is 41.3 Å². The number of primary amides is 1. The van der Waals surface area contributed by atoms with Gasteiger partial charge in [-0.2, -0.15) is 0 Å². The van der Waals surface area contributed by atoms with Gasteiger partial charge in [0.2, 0.25) is 0 Å². The van der Waals surface area contributed by atoms with E-state index in [0.29, 0.717) is 31.9 Å². The highest BCUT2D eigenvalue weighted by atomic mass is 32.2. The molecule has 0 saturated carbocycles. The fourth-order valence-electron chi connectivity index (χ4n) is 3.53. The van der Waals surface area contributed by atoms with Gasteiger partial charge in [-0.15, -0.1) is 0 Å². The van der Waals surface area contributed by atoms with E-state index in [9.17, 15) is 18.3 Å². The monoisotopic (exact) mass is 453 g/mol. The molecule has 0 spiro atoms. The van der Waals surface area contributed by atoms with Crippen LogP contribution in [-0.4, -0.2) is 26.0 Å². The molecular formula is C23H23N3O5S. The van der Waals surface area contributed by atoms with Crippen molar-refractivity contribution < 1.29 is 23.1 Å². The fourth-order valence-corrected chi connectivity index (χ4v) is 4.77. The molecule has 5 N–H and O–H groups in total. The largest absolute Gasteiger partial charge is 0.507 e. The second kappa shape index (κ2) is 8.89. The smallest absolute Gasteiger partial charge is 0.263 e. The van der Waals surface area contributed by atoms with E-state index in [1.54, 1.807) is 18.2 Å². The summed E-state index contributed by atoms with van der Waals surface area (Å²) < 4.78 is 34.8. The van der Waals surface area contributed by atoms with Gasteiger partial charge in [-0.25, -0.2) is 8.42 Å². The first kappa shape index (κ1) is 21.7. The van der Waals surface area contributed by atoms with Gasteiger partial charge in [0.05, 0.1) is 24.5 Å². The summed E-state index contributed by atoms with van der Waals surface area (Å²) in [5, 5.41) is 13.3. The number of benzene rings is 3. The molecule has 4 bridgehead atoms. The second-order valence-electron chi connectivity index (χ2n) is 7.51. The lowest BCUT2D eigenvalue weighted by atomic mass is 10.1. The van der Waals surface area contributed by atoms with Crippen molar-refractivity contribution in [1.82, 2.24) is 0 Å². The SMILES string of the molecule is NC(=O)c1cc2c(cc1O)NCc1cccc(c1)COCCc1cccc(c1)NS2(=O)=O. The number of amides is 1. The molecule has 3 aromatic carbocycles. The minimum atomic E-state index is -4.11. The summed E-state index contributed by atoms with van der Waals surface area (Å²) in [5.74, 6) is -1.33. The number of nitrogens with two attached hydrogens (primary N) is 1. The number of rotatable bonds is 1. The average Bonchev–Trinajstić information content (AvgIpc) is 2.74. The number of carbonyl (C=O) groups is 1. The maximum atomic E-state index is 13.2. The van der Waals surface area contributed by atoms with Gasteiger partial charge in [-0.3, -0.25) is 9.52 Å². The van der Waals surface area contributed by atoms with E-state index in [1.165, 1.54) is 6.07 Å². The Bertz CT molecular complexity index is 1270. The molecule has 32 heavy (non-hydrogen) atoms. The van der Waals surface area contributed by atoms with Gasteiger partial charge in [0.1, 0.15) is 10.6 Å². The Morgan fingerprint density at radius 1 is 1.00 bits per heavy atom. The number of phenols is 1. The molecule has 0 saturated heterocycles. The van der Waals surface area contributed by atoms with Crippen molar-refractivity contribution in [2.75, 3.05) is 16.6 Å². The van der Waals surface area contributed by atoms with Crippen molar-refractivity contribution in [2.45, 2.75) is 24.5 Å². The number of sulfonamides is 1. The minimum absolute atomic E-state index is 0.143. The number of hydrogen-bond acceptors (Lipinski definition) is 6. The van der Waals surface area contributed by atoms with Crippen LogP contribution in [0.15, 0.2) is 65.6 Å². The Hall–Kier alpha value is -3.56. The number of anilines is 2. The molecule has 0 aliphatic carbocycles. The first-order valence-corrected chi connectivity index (χ1v) is 11.5. The molecule has 1 amide bonds. The molecule has 4 rings (SSSR count). The normalized spacial score (nSPS) is 15.6. The molecule has 0 aromatic heterocycles. The summed E-state index contributed by atoms with van der Waals surface area (Å²) in [6, 6.07) is 17.0. The Balaban J connectivity index is 1.82. The first-order chi connectivity index (χ1) is 15.3. The highest BCUT2D eigenvalue weighted by Crippen LogP contribution is 2.31. The third kappa shape index (κ3) is 4.84. The molecule has 0 fully saturated rings. The lowest BCUT2D eigenvalue weighted by Crippen LogP contribution is -2.18. The number of nitrogens with one attached hydrogen (secondary N) is 2. The van der Waals surface area contributed by atoms with Crippen LogP contribution in [0.4, 0.5) is 11.4 Å². The van der Waals surface area contributed by atoms with Gasteiger partial charge in [0.15, 0.2) is 0 Å². The molecule has 3 aromatic rings. The average molecular weight is 454 g/mol. The molecule has 0 atom stereocenters. The minimum Gasteiger partial charge on any atom is -0.507 e. The summed E-state index contributed by atoms with van der Waals surface area (Å²) in [6.45, 7) is 1.24. The zero-order valence-electron chi connectivity index (χ0n) is 17.2. The highest BCUT2D eigenvalue weighted by Gasteiger charge is 2.23. The maximum Gasteiger partial charge on any atom is 0.263 e. The first-order valence-electron chi connectivity index (χ1n) is 10.00.